The maximum atomic E-state index is 13.5. The fourth-order valence-corrected chi connectivity index (χ4v) is 5.08. The second kappa shape index (κ2) is 9.04. The lowest BCUT2D eigenvalue weighted by molar-refractivity contribution is -0.384. The number of thiazole rings is 1. The molecule has 0 spiro atoms. The van der Waals surface area contributed by atoms with Gasteiger partial charge in [0, 0.05) is 23.9 Å². The Morgan fingerprint density at radius 1 is 1.12 bits per heavy atom. The van der Waals surface area contributed by atoms with Gasteiger partial charge >= 0.3 is 0 Å². The number of amides is 1. The Kier molecular flexibility index (Phi) is 6.16. The van der Waals surface area contributed by atoms with E-state index in [4.69, 9.17) is 0 Å². The van der Waals surface area contributed by atoms with E-state index in [2.05, 4.69) is 9.97 Å². The third-order valence-electron chi connectivity index (χ3n) is 4.91. The summed E-state index contributed by atoms with van der Waals surface area (Å²) in [5.74, 6) is -0.541. The maximum absolute atomic E-state index is 13.5. The summed E-state index contributed by atoms with van der Waals surface area (Å²) < 4.78 is 25.2. The summed E-state index contributed by atoms with van der Waals surface area (Å²) in [6, 6.07) is 15.5. The van der Waals surface area contributed by atoms with E-state index in [1.165, 1.54) is 48.2 Å². The van der Waals surface area contributed by atoms with Crippen molar-refractivity contribution in [3.63, 3.8) is 0 Å². The minimum atomic E-state index is -3.50. The topological polar surface area (TPSA) is 123 Å². The van der Waals surface area contributed by atoms with Gasteiger partial charge in [0.15, 0.2) is 15.0 Å². The molecule has 0 saturated heterocycles. The van der Waals surface area contributed by atoms with Crippen LogP contribution in [0.2, 0.25) is 0 Å². The number of anilines is 1. The molecule has 1 amide bonds. The Hall–Kier alpha value is -3.70. The van der Waals surface area contributed by atoms with E-state index >= 15 is 0 Å². The van der Waals surface area contributed by atoms with Crippen LogP contribution in [0, 0.1) is 10.1 Å². The summed E-state index contributed by atoms with van der Waals surface area (Å²) >= 11 is 1.14. The van der Waals surface area contributed by atoms with E-state index in [0.717, 1.165) is 11.3 Å². The quantitative estimate of drug-likeness (QED) is 0.285. The van der Waals surface area contributed by atoms with Gasteiger partial charge in [-0.3, -0.25) is 24.8 Å². The highest BCUT2D eigenvalue weighted by Crippen LogP contribution is 2.33. The third kappa shape index (κ3) is 4.73. The summed E-state index contributed by atoms with van der Waals surface area (Å²) in [5, 5.41) is 11.4. The molecule has 168 valence electrons. The first kappa shape index (κ1) is 22.5. The molecule has 0 saturated carbocycles. The van der Waals surface area contributed by atoms with Crippen LogP contribution < -0.4 is 4.90 Å². The second-order valence-corrected chi connectivity index (χ2v) is 10.3. The van der Waals surface area contributed by atoms with Gasteiger partial charge in [-0.2, -0.15) is 0 Å². The van der Waals surface area contributed by atoms with Gasteiger partial charge in [-0.15, -0.1) is 0 Å². The normalized spacial score (nSPS) is 11.4. The number of nitro groups is 1. The van der Waals surface area contributed by atoms with Crippen molar-refractivity contribution in [3.05, 3.63) is 88.2 Å². The molecule has 0 unspecified atom stereocenters. The number of aromatic nitrogens is 2. The Morgan fingerprint density at radius 3 is 2.64 bits per heavy atom. The Labute approximate surface area is 193 Å². The summed E-state index contributed by atoms with van der Waals surface area (Å²) in [6.45, 7) is 1.63. The average molecular weight is 483 g/mol. The number of nitrogens with zero attached hydrogens (tertiary/aromatic N) is 4. The molecule has 0 N–H and O–H groups in total. The zero-order valence-electron chi connectivity index (χ0n) is 17.4. The van der Waals surface area contributed by atoms with Gasteiger partial charge in [-0.1, -0.05) is 30.4 Å². The van der Waals surface area contributed by atoms with Crippen LogP contribution in [-0.4, -0.2) is 35.0 Å². The highest BCUT2D eigenvalue weighted by molar-refractivity contribution is 7.91. The lowest BCUT2D eigenvalue weighted by Gasteiger charge is -2.20. The zero-order chi connectivity index (χ0) is 23.6. The van der Waals surface area contributed by atoms with Gasteiger partial charge in [-0.25, -0.2) is 13.4 Å². The number of fused-ring (bicyclic) bond motifs is 1. The predicted molar refractivity (Wildman–Crippen MR) is 125 cm³/mol. The molecule has 2 heterocycles. The number of benzene rings is 2. The predicted octanol–water partition coefficient (Wildman–Crippen LogP) is 4.24. The number of pyridine rings is 1. The van der Waals surface area contributed by atoms with E-state index in [1.54, 1.807) is 30.5 Å². The average Bonchev–Trinajstić information content (AvgIpc) is 3.26. The molecule has 9 nitrogen and oxygen atoms in total. The van der Waals surface area contributed by atoms with Crippen molar-refractivity contribution in [3.8, 4) is 0 Å². The third-order valence-corrected chi connectivity index (χ3v) is 7.69. The first-order chi connectivity index (χ1) is 15.8. The number of hydrogen-bond donors (Lipinski definition) is 0. The van der Waals surface area contributed by atoms with E-state index in [1.807, 2.05) is 0 Å². The molecule has 0 atom stereocenters. The molecule has 4 rings (SSSR count). The van der Waals surface area contributed by atoms with Crippen LogP contribution in [0.1, 0.15) is 23.0 Å². The summed E-state index contributed by atoms with van der Waals surface area (Å²) in [6.07, 6.45) is 1.61. The van der Waals surface area contributed by atoms with Crippen molar-refractivity contribution in [2.24, 2.45) is 0 Å². The molecular weight excluding hydrogens is 464 g/mol. The highest BCUT2D eigenvalue weighted by Gasteiger charge is 2.24. The summed E-state index contributed by atoms with van der Waals surface area (Å²) in [7, 11) is -3.50. The standard InChI is InChI=1S/C22H18N4O5S2/c1-2-33(30,31)18-8-5-6-15(12-18)21(27)25(14-16-7-3-4-11-23-16)22-24-19-10-9-17(26(28)29)13-20(19)32-22/h3-13H,2,14H2,1H3. The number of carbonyl (C=O) groups excluding carboxylic acids is 1. The number of nitro benzene ring substituents is 1. The summed E-state index contributed by atoms with van der Waals surface area (Å²) in [4.78, 5) is 34.4. The van der Waals surface area contributed by atoms with Crippen molar-refractivity contribution in [1.29, 1.82) is 0 Å². The number of carbonyl (C=O) groups is 1. The molecule has 0 aliphatic heterocycles. The van der Waals surface area contributed by atoms with Crippen molar-refractivity contribution >= 4 is 48.1 Å². The van der Waals surface area contributed by atoms with E-state index in [-0.39, 0.29) is 28.4 Å². The van der Waals surface area contributed by atoms with Crippen molar-refractivity contribution in [1.82, 2.24) is 9.97 Å². The second-order valence-electron chi connectivity index (χ2n) is 7.05. The first-order valence-electron chi connectivity index (χ1n) is 9.88. The molecule has 2 aromatic carbocycles. The summed E-state index contributed by atoms with van der Waals surface area (Å²) in [5.41, 5.74) is 1.23. The van der Waals surface area contributed by atoms with Crippen LogP contribution in [0.25, 0.3) is 10.2 Å². The lowest BCUT2D eigenvalue weighted by atomic mass is 10.2. The minimum absolute atomic E-state index is 0.0635. The van der Waals surface area contributed by atoms with Gasteiger partial charge in [0.05, 0.1) is 38.0 Å². The molecule has 0 aliphatic rings. The van der Waals surface area contributed by atoms with Gasteiger partial charge in [-0.05, 0) is 36.4 Å². The monoisotopic (exact) mass is 482 g/mol. The Morgan fingerprint density at radius 2 is 1.94 bits per heavy atom. The molecule has 0 radical (unpaired) electrons. The Balaban J connectivity index is 1.79. The van der Waals surface area contributed by atoms with Crippen LogP contribution in [-0.2, 0) is 16.4 Å². The number of non-ortho nitro benzene ring substituents is 1. The lowest BCUT2D eigenvalue weighted by Crippen LogP contribution is -2.30. The highest BCUT2D eigenvalue weighted by atomic mass is 32.2. The molecule has 0 fully saturated rings. The number of rotatable bonds is 7. The van der Waals surface area contributed by atoms with Crippen molar-refractivity contribution in [2.75, 3.05) is 10.7 Å². The van der Waals surface area contributed by atoms with Crippen LogP contribution >= 0.6 is 11.3 Å². The van der Waals surface area contributed by atoms with Gasteiger partial charge in [0.25, 0.3) is 11.6 Å². The van der Waals surface area contributed by atoms with Gasteiger partial charge in [0.1, 0.15) is 0 Å². The van der Waals surface area contributed by atoms with E-state index in [0.29, 0.717) is 21.0 Å². The fourth-order valence-electron chi connectivity index (χ4n) is 3.16. The van der Waals surface area contributed by atoms with Gasteiger partial charge < -0.3 is 0 Å². The van der Waals surface area contributed by atoms with E-state index in [9.17, 15) is 23.3 Å². The Bertz CT molecular complexity index is 1450. The maximum Gasteiger partial charge on any atom is 0.270 e. The SMILES string of the molecule is CCS(=O)(=O)c1cccc(C(=O)N(Cc2ccccn2)c2nc3ccc([N+](=O)[O-])cc3s2)c1. The van der Waals surface area contributed by atoms with Crippen LogP contribution in [0.4, 0.5) is 10.8 Å². The van der Waals surface area contributed by atoms with Crippen LogP contribution in [0.3, 0.4) is 0 Å². The number of sulfone groups is 1. The molecule has 2 aromatic heterocycles. The van der Waals surface area contributed by atoms with Crippen molar-refractivity contribution in [2.45, 2.75) is 18.4 Å². The molecule has 4 aromatic rings. The van der Waals surface area contributed by atoms with Crippen molar-refractivity contribution < 1.29 is 18.1 Å². The molecular formula is C22H18N4O5S2. The van der Waals surface area contributed by atoms with E-state index < -0.39 is 20.7 Å². The van der Waals surface area contributed by atoms with Gasteiger partial charge in [0.2, 0.25) is 0 Å². The molecule has 11 heteroatoms. The zero-order valence-corrected chi connectivity index (χ0v) is 19.0. The van der Waals surface area contributed by atoms with Crippen LogP contribution in [0.5, 0.6) is 0 Å². The molecule has 0 bridgehead atoms. The first-order valence-corrected chi connectivity index (χ1v) is 12.3. The minimum Gasteiger partial charge on any atom is -0.278 e. The van der Waals surface area contributed by atoms with Crippen LogP contribution in [0.15, 0.2) is 71.8 Å². The molecule has 33 heavy (non-hydrogen) atoms. The molecule has 0 aliphatic carbocycles. The fraction of sp³-hybridized carbons (Fsp3) is 0.136. The number of hydrogen-bond acceptors (Lipinski definition) is 8. The smallest absolute Gasteiger partial charge is 0.270 e. The largest absolute Gasteiger partial charge is 0.278 e.